The predicted molar refractivity (Wildman–Crippen MR) is 111 cm³/mol. The second-order valence-corrected chi connectivity index (χ2v) is 6.27. The molecule has 1 aromatic heterocycles. The molecule has 7 heteroatoms. The molecule has 0 atom stereocenters. The third-order valence-electron chi connectivity index (χ3n) is 4.08. The normalized spacial score (nSPS) is 10.4. The maximum atomic E-state index is 12.2. The van der Waals surface area contributed by atoms with Gasteiger partial charge in [-0.15, -0.1) is 0 Å². The van der Waals surface area contributed by atoms with Crippen molar-refractivity contribution >= 4 is 11.6 Å². The molecule has 2 N–H and O–H groups in total. The predicted octanol–water partition coefficient (Wildman–Crippen LogP) is 3.63. The second-order valence-electron chi connectivity index (χ2n) is 6.27. The van der Waals surface area contributed by atoms with Gasteiger partial charge in [-0.3, -0.25) is 9.59 Å². The first kappa shape index (κ1) is 20.1. The topological polar surface area (TPSA) is 93.3 Å². The van der Waals surface area contributed by atoms with Crippen molar-refractivity contribution in [3.05, 3.63) is 71.0 Å². The zero-order chi connectivity index (χ0) is 20.5. The minimum Gasteiger partial charge on any atom is -0.490 e. The van der Waals surface area contributed by atoms with Crippen LogP contribution in [0.25, 0.3) is 11.3 Å². The Labute approximate surface area is 168 Å². The number of hydrogen-bond acceptors (Lipinski definition) is 5. The molecule has 0 aliphatic rings. The highest BCUT2D eigenvalue weighted by atomic mass is 16.5. The molecule has 0 radical (unpaired) electrons. The van der Waals surface area contributed by atoms with Crippen LogP contribution in [-0.4, -0.2) is 29.3 Å². The summed E-state index contributed by atoms with van der Waals surface area (Å²) in [6.45, 7) is 2.90. The molecule has 0 unspecified atom stereocenters. The lowest BCUT2D eigenvalue weighted by atomic mass is 10.1. The molecular formula is C22H23N3O4. The van der Waals surface area contributed by atoms with E-state index in [4.69, 9.17) is 9.47 Å². The summed E-state index contributed by atoms with van der Waals surface area (Å²) in [4.78, 5) is 23.4. The van der Waals surface area contributed by atoms with Gasteiger partial charge in [0.05, 0.1) is 18.9 Å². The van der Waals surface area contributed by atoms with Gasteiger partial charge in [-0.05, 0) is 43.7 Å². The Balaban J connectivity index is 1.49. The maximum absolute atomic E-state index is 12.2. The van der Waals surface area contributed by atoms with E-state index in [0.717, 1.165) is 5.56 Å². The number of rotatable bonds is 9. The Hall–Kier alpha value is -3.61. The van der Waals surface area contributed by atoms with Crippen molar-refractivity contribution in [2.75, 3.05) is 18.5 Å². The summed E-state index contributed by atoms with van der Waals surface area (Å²) < 4.78 is 11.3. The van der Waals surface area contributed by atoms with Crippen LogP contribution in [0.15, 0.2) is 65.5 Å². The number of para-hydroxylation sites is 2. The van der Waals surface area contributed by atoms with Crippen LogP contribution in [0.2, 0.25) is 0 Å². The van der Waals surface area contributed by atoms with Gasteiger partial charge in [0.25, 0.3) is 5.56 Å². The van der Waals surface area contributed by atoms with Crippen molar-refractivity contribution in [2.45, 2.75) is 19.8 Å². The summed E-state index contributed by atoms with van der Waals surface area (Å²) in [5.41, 5.74) is 1.84. The number of hydrogen-bond donors (Lipinski definition) is 2. The van der Waals surface area contributed by atoms with Gasteiger partial charge in [-0.25, -0.2) is 5.10 Å². The highest BCUT2D eigenvalue weighted by Gasteiger charge is 2.07. The molecule has 3 rings (SSSR count). The third kappa shape index (κ3) is 5.93. The average molecular weight is 393 g/mol. The van der Waals surface area contributed by atoms with Gasteiger partial charge in [0.1, 0.15) is 0 Å². The Morgan fingerprint density at radius 1 is 1.03 bits per heavy atom. The van der Waals surface area contributed by atoms with Crippen LogP contribution >= 0.6 is 0 Å². The average Bonchev–Trinajstić information content (AvgIpc) is 2.73. The lowest BCUT2D eigenvalue weighted by molar-refractivity contribution is -0.116. The van der Waals surface area contributed by atoms with Crippen LogP contribution in [0, 0.1) is 0 Å². The smallest absolute Gasteiger partial charge is 0.264 e. The minimum absolute atomic E-state index is 0.0988. The monoisotopic (exact) mass is 393 g/mol. The van der Waals surface area contributed by atoms with Crippen molar-refractivity contribution in [3.63, 3.8) is 0 Å². The number of H-pyrrole nitrogens is 1. The molecule has 7 nitrogen and oxygen atoms in total. The van der Waals surface area contributed by atoms with Crippen LogP contribution < -0.4 is 20.3 Å². The van der Waals surface area contributed by atoms with E-state index in [2.05, 4.69) is 15.5 Å². The quantitative estimate of drug-likeness (QED) is 0.542. The molecule has 1 heterocycles. The van der Waals surface area contributed by atoms with Gasteiger partial charge in [-0.1, -0.05) is 24.3 Å². The number of carbonyl (C=O) groups is 1. The number of aromatic amines is 1. The maximum Gasteiger partial charge on any atom is 0.264 e. The van der Waals surface area contributed by atoms with E-state index >= 15 is 0 Å². The summed E-state index contributed by atoms with van der Waals surface area (Å²) in [6, 6.07) is 17.8. The molecule has 150 valence electrons. The van der Waals surface area contributed by atoms with Crippen LogP contribution in [0.3, 0.4) is 0 Å². The van der Waals surface area contributed by atoms with E-state index in [1.807, 2.05) is 55.5 Å². The van der Waals surface area contributed by atoms with E-state index in [-0.39, 0.29) is 11.5 Å². The van der Waals surface area contributed by atoms with Crippen molar-refractivity contribution < 1.29 is 14.3 Å². The molecule has 0 spiro atoms. The van der Waals surface area contributed by atoms with Gasteiger partial charge in [0, 0.05) is 23.7 Å². The fraction of sp³-hybridized carbons (Fsp3) is 0.227. The lowest BCUT2D eigenvalue weighted by Crippen LogP contribution is -2.13. The molecule has 1 amide bonds. The first-order chi connectivity index (χ1) is 14.2. The molecule has 0 aliphatic carbocycles. The highest BCUT2D eigenvalue weighted by Crippen LogP contribution is 2.26. The fourth-order valence-corrected chi connectivity index (χ4v) is 2.74. The number of carbonyl (C=O) groups excluding carboxylic acids is 1. The van der Waals surface area contributed by atoms with Crippen LogP contribution in [0.5, 0.6) is 11.5 Å². The Bertz CT molecular complexity index is 996. The summed E-state index contributed by atoms with van der Waals surface area (Å²) in [5.74, 6) is 1.28. The van der Waals surface area contributed by atoms with Gasteiger partial charge >= 0.3 is 0 Å². The molecule has 29 heavy (non-hydrogen) atoms. The van der Waals surface area contributed by atoms with Crippen molar-refractivity contribution in [1.82, 2.24) is 10.2 Å². The van der Waals surface area contributed by atoms with E-state index in [9.17, 15) is 9.59 Å². The lowest BCUT2D eigenvalue weighted by Gasteiger charge is -2.11. The van der Waals surface area contributed by atoms with Crippen molar-refractivity contribution in [1.29, 1.82) is 0 Å². The van der Waals surface area contributed by atoms with Gasteiger partial charge < -0.3 is 14.8 Å². The largest absolute Gasteiger partial charge is 0.490 e. The van der Waals surface area contributed by atoms with Crippen LogP contribution in [-0.2, 0) is 4.79 Å². The number of nitrogens with one attached hydrogen (secondary N) is 2. The molecular weight excluding hydrogens is 370 g/mol. The molecule has 0 aliphatic heterocycles. The molecule has 2 aromatic carbocycles. The van der Waals surface area contributed by atoms with Gasteiger partial charge in [0.15, 0.2) is 11.5 Å². The SMILES string of the molecule is CCOc1ccccc1OCCCC(=O)Nc1cccc(-c2ccc(=O)[nH]n2)c1. The molecule has 0 saturated carbocycles. The number of aromatic nitrogens is 2. The summed E-state index contributed by atoms with van der Waals surface area (Å²) in [6.07, 6.45) is 0.908. The van der Waals surface area contributed by atoms with Crippen LogP contribution in [0.1, 0.15) is 19.8 Å². The highest BCUT2D eigenvalue weighted by molar-refractivity contribution is 5.91. The Morgan fingerprint density at radius 2 is 1.83 bits per heavy atom. The summed E-state index contributed by atoms with van der Waals surface area (Å²) in [7, 11) is 0. The zero-order valence-electron chi connectivity index (χ0n) is 16.2. The molecule has 3 aromatic rings. The van der Waals surface area contributed by atoms with E-state index in [0.29, 0.717) is 48.9 Å². The van der Waals surface area contributed by atoms with Crippen molar-refractivity contribution in [2.24, 2.45) is 0 Å². The molecule has 0 saturated heterocycles. The van der Waals surface area contributed by atoms with E-state index in [1.165, 1.54) is 6.07 Å². The first-order valence-corrected chi connectivity index (χ1v) is 9.46. The number of amides is 1. The summed E-state index contributed by atoms with van der Waals surface area (Å²) in [5, 5.41) is 9.28. The summed E-state index contributed by atoms with van der Waals surface area (Å²) >= 11 is 0. The number of benzene rings is 2. The van der Waals surface area contributed by atoms with Crippen molar-refractivity contribution in [3.8, 4) is 22.8 Å². The first-order valence-electron chi connectivity index (χ1n) is 9.46. The van der Waals surface area contributed by atoms with Crippen LogP contribution in [0.4, 0.5) is 5.69 Å². The number of anilines is 1. The zero-order valence-corrected chi connectivity index (χ0v) is 16.2. The van der Waals surface area contributed by atoms with Gasteiger partial charge in [0.2, 0.25) is 5.91 Å². The minimum atomic E-state index is -0.260. The number of ether oxygens (including phenoxy) is 2. The number of nitrogens with zero attached hydrogens (tertiary/aromatic N) is 1. The third-order valence-corrected chi connectivity index (χ3v) is 4.08. The molecule has 0 fully saturated rings. The van der Waals surface area contributed by atoms with Gasteiger partial charge in [-0.2, -0.15) is 5.10 Å². The molecule has 0 bridgehead atoms. The van der Waals surface area contributed by atoms with E-state index < -0.39 is 0 Å². The second kappa shape index (κ2) is 10.1. The Morgan fingerprint density at radius 3 is 2.55 bits per heavy atom. The standard InChI is InChI=1S/C22H23N3O4/c1-2-28-19-9-3-4-10-20(19)29-14-6-11-21(26)23-17-8-5-7-16(15-17)18-12-13-22(27)25-24-18/h3-5,7-10,12-13,15H,2,6,11,14H2,1H3,(H,23,26)(H,25,27). The fourth-order valence-electron chi connectivity index (χ4n) is 2.74. The Kier molecular flexibility index (Phi) is 7.00. The van der Waals surface area contributed by atoms with E-state index in [1.54, 1.807) is 6.07 Å².